The zero-order valence-corrected chi connectivity index (χ0v) is 18.3. The Bertz CT molecular complexity index is 1060. The number of hydrogen-bond acceptors (Lipinski definition) is 4. The SMILES string of the molecule is CC(=O)Nc1cccc(C(=O)N2CCC(NS(=O)(=O)c3ccc(C)c(C)c3)CC2)c1. The summed E-state index contributed by atoms with van der Waals surface area (Å²) in [5.41, 5.74) is 3.04. The Balaban J connectivity index is 1.61. The van der Waals surface area contributed by atoms with E-state index in [0.717, 1.165) is 11.1 Å². The maximum absolute atomic E-state index is 12.8. The third-order valence-electron chi connectivity index (χ3n) is 5.32. The van der Waals surface area contributed by atoms with Crippen molar-refractivity contribution in [2.24, 2.45) is 0 Å². The van der Waals surface area contributed by atoms with Crippen LogP contribution >= 0.6 is 0 Å². The number of piperidine rings is 1. The molecule has 0 radical (unpaired) electrons. The molecule has 8 heteroatoms. The number of nitrogens with one attached hydrogen (secondary N) is 2. The van der Waals surface area contributed by atoms with E-state index in [1.54, 1.807) is 47.4 Å². The van der Waals surface area contributed by atoms with Gasteiger partial charge in [-0.25, -0.2) is 13.1 Å². The average molecular weight is 430 g/mol. The summed E-state index contributed by atoms with van der Waals surface area (Å²) in [6.45, 7) is 6.17. The summed E-state index contributed by atoms with van der Waals surface area (Å²) >= 11 is 0. The molecule has 1 saturated heterocycles. The minimum absolute atomic E-state index is 0.127. The first-order chi connectivity index (χ1) is 14.2. The van der Waals surface area contributed by atoms with Crippen LogP contribution in [0.4, 0.5) is 5.69 Å². The summed E-state index contributed by atoms with van der Waals surface area (Å²) in [6.07, 6.45) is 1.09. The van der Waals surface area contributed by atoms with Crippen molar-refractivity contribution < 1.29 is 18.0 Å². The summed E-state index contributed by atoms with van der Waals surface area (Å²) in [4.78, 5) is 26.0. The van der Waals surface area contributed by atoms with Gasteiger partial charge in [0.1, 0.15) is 0 Å². The lowest BCUT2D eigenvalue weighted by Gasteiger charge is -2.32. The van der Waals surface area contributed by atoms with Gasteiger partial charge in [0.25, 0.3) is 5.91 Å². The van der Waals surface area contributed by atoms with Crippen molar-refractivity contribution in [3.8, 4) is 0 Å². The van der Waals surface area contributed by atoms with Crippen LogP contribution in [0.2, 0.25) is 0 Å². The first-order valence-corrected chi connectivity index (χ1v) is 11.4. The lowest BCUT2D eigenvalue weighted by atomic mass is 10.0. The molecule has 2 amide bonds. The minimum atomic E-state index is -3.60. The number of nitrogens with zero attached hydrogens (tertiary/aromatic N) is 1. The van der Waals surface area contributed by atoms with Crippen LogP contribution in [0, 0.1) is 13.8 Å². The summed E-state index contributed by atoms with van der Waals surface area (Å²) < 4.78 is 28.2. The van der Waals surface area contributed by atoms with Crippen LogP contribution in [0.5, 0.6) is 0 Å². The monoisotopic (exact) mass is 429 g/mol. The van der Waals surface area contributed by atoms with Crippen LogP contribution in [0.15, 0.2) is 47.4 Å². The highest BCUT2D eigenvalue weighted by Crippen LogP contribution is 2.20. The van der Waals surface area contributed by atoms with Crippen molar-refractivity contribution in [2.75, 3.05) is 18.4 Å². The zero-order valence-electron chi connectivity index (χ0n) is 17.4. The van der Waals surface area contributed by atoms with E-state index in [-0.39, 0.29) is 22.8 Å². The van der Waals surface area contributed by atoms with Gasteiger partial charge < -0.3 is 10.2 Å². The Morgan fingerprint density at radius 2 is 1.70 bits per heavy atom. The standard InChI is InChI=1S/C22H27N3O4S/c1-15-7-8-21(13-16(15)2)30(28,29)24-19-9-11-25(12-10-19)22(27)18-5-4-6-20(14-18)23-17(3)26/h4-8,13-14,19,24H,9-12H2,1-3H3,(H,23,26). The molecular weight excluding hydrogens is 402 g/mol. The minimum Gasteiger partial charge on any atom is -0.339 e. The molecule has 3 rings (SSSR count). The summed E-state index contributed by atoms with van der Waals surface area (Å²) in [5.74, 6) is -0.325. The van der Waals surface area contributed by atoms with Crippen LogP contribution in [0.1, 0.15) is 41.3 Å². The Labute approximate surface area is 177 Å². The molecule has 0 saturated carbocycles. The fourth-order valence-corrected chi connectivity index (χ4v) is 4.87. The second-order valence-corrected chi connectivity index (χ2v) is 9.41. The van der Waals surface area contributed by atoms with Crippen LogP contribution in [0.25, 0.3) is 0 Å². The average Bonchev–Trinajstić information content (AvgIpc) is 2.69. The van der Waals surface area contributed by atoms with Gasteiger partial charge in [0, 0.05) is 37.3 Å². The third kappa shape index (κ3) is 5.25. The van der Waals surface area contributed by atoms with Crippen molar-refractivity contribution in [3.63, 3.8) is 0 Å². The zero-order chi connectivity index (χ0) is 21.9. The number of hydrogen-bond donors (Lipinski definition) is 2. The number of rotatable bonds is 5. The Morgan fingerprint density at radius 1 is 1.00 bits per heavy atom. The van der Waals surface area contributed by atoms with Crippen LogP contribution in [-0.2, 0) is 14.8 Å². The molecule has 0 aromatic heterocycles. The lowest BCUT2D eigenvalue weighted by Crippen LogP contribution is -2.46. The molecule has 0 atom stereocenters. The van der Waals surface area contributed by atoms with Crippen molar-refractivity contribution in [3.05, 3.63) is 59.2 Å². The van der Waals surface area contributed by atoms with Gasteiger partial charge in [-0.05, 0) is 68.1 Å². The molecule has 1 fully saturated rings. The molecule has 0 bridgehead atoms. The number of amides is 2. The first-order valence-electron chi connectivity index (χ1n) is 9.92. The molecule has 160 valence electrons. The number of anilines is 1. The number of aryl methyl sites for hydroxylation is 2. The van der Waals surface area contributed by atoms with Crippen LogP contribution < -0.4 is 10.0 Å². The highest BCUT2D eigenvalue weighted by Gasteiger charge is 2.27. The summed E-state index contributed by atoms with van der Waals surface area (Å²) in [6, 6.07) is 11.7. The molecular formula is C22H27N3O4S. The first kappa shape index (κ1) is 22.0. The van der Waals surface area contributed by atoms with Crippen LogP contribution in [-0.4, -0.2) is 44.3 Å². The fourth-order valence-electron chi connectivity index (χ4n) is 3.48. The number of carbonyl (C=O) groups is 2. The van der Waals surface area contributed by atoms with E-state index in [1.165, 1.54) is 6.92 Å². The quantitative estimate of drug-likeness (QED) is 0.764. The van der Waals surface area contributed by atoms with E-state index < -0.39 is 10.0 Å². The number of benzene rings is 2. The molecule has 0 aliphatic carbocycles. The molecule has 1 aliphatic heterocycles. The van der Waals surface area contributed by atoms with E-state index in [1.807, 2.05) is 13.8 Å². The number of carbonyl (C=O) groups excluding carboxylic acids is 2. The number of sulfonamides is 1. The van der Waals surface area contributed by atoms with Gasteiger partial charge in [-0.1, -0.05) is 12.1 Å². The highest BCUT2D eigenvalue weighted by atomic mass is 32.2. The maximum atomic E-state index is 12.8. The second-order valence-electron chi connectivity index (χ2n) is 7.70. The van der Waals surface area contributed by atoms with E-state index >= 15 is 0 Å². The predicted octanol–water partition coefficient (Wildman–Crippen LogP) is 2.84. The van der Waals surface area contributed by atoms with E-state index in [0.29, 0.717) is 37.2 Å². The van der Waals surface area contributed by atoms with Crippen LogP contribution in [0.3, 0.4) is 0 Å². The van der Waals surface area contributed by atoms with E-state index in [4.69, 9.17) is 0 Å². The van der Waals surface area contributed by atoms with Crippen molar-refractivity contribution in [1.29, 1.82) is 0 Å². The molecule has 2 aromatic rings. The molecule has 2 aromatic carbocycles. The van der Waals surface area contributed by atoms with E-state index in [2.05, 4.69) is 10.0 Å². The Kier molecular flexibility index (Phi) is 6.58. The van der Waals surface area contributed by atoms with Crippen molar-refractivity contribution in [2.45, 2.75) is 44.6 Å². The van der Waals surface area contributed by atoms with Gasteiger partial charge in [0.15, 0.2) is 0 Å². The summed E-state index contributed by atoms with van der Waals surface area (Å²) in [7, 11) is -3.60. The highest BCUT2D eigenvalue weighted by molar-refractivity contribution is 7.89. The van der Waals surface area contributed by atoms with Gasteiger partial charge in [-0.2, -0.15) is 0 Å². The topological polar surface area (TPSA) is 95.6 Å². The summed E-state index contributed by atoms with van der Waals surface area (Å²) in [5, 5.41) is 2.67. The van der Waals surface area contributed by atoms with Gasteiger partial charge >= 0.3 is 0 Å². The molecule has 30 heavy (non-hydrogen) atoms. The molecule has 0 spiro atoms. The fraction of sp³-hybridized carbons (Fsp3) is 0.364. The molecule has 7 nitrogen and oxygen atoms in total. The van der Waals surface area contributed by atoms with Gasteiger partial charge in [-0.3, -0.25) is 9.59 Å². The Morgan fingerprint density at radius 3 is 2.33 bits per heavy atom. The van der Waals surface area contributed by atoms with Crippen molar-refractivity contribution >= 4 is 27.5 Å². The normalized spacial score (nSPS) is 15.1. The number of likely N-dealkylation sites (tertiary alicyclic amines) is 1. The third-order valence-corrected chi connectivity index (χ3v) is 6.84. The van der Waals surface area contributed by atoms with E-state index in [9.17, 15) is 18.0 Å². The van der Waals surface area contributed by atoms with Crippen molar-refractivity contribution in [1.82, 2.24) is 9.62 Å². The second kappa shape index (κ2) is 8.97. The maximum Gasteiger partial charge on any atom is 0.253 e. The smallest absolute Gasteiger partial charge is 0.253 e. The largest absolute Gasteiger partial charge is 0.339 e. The lowest BCUT2D eigenvalue weighted by molar-refractivity contribution is -0.114. The molecule has 1 heterocycles. The molecule has 2 N–H and O–H groups in total. The van der Waals surface area contributed by atoms with Gasteiger partial charge in [0.05, 0.1) is 4.90 Å². The Hall–Kier alpha value is -2.71. The van der Waals surface area contributed by atoms with Gasteiger partial charge in [0.2, 0.25) is 15.9 Å². The molecule has 1 aliphatic rings. The predicted molar refractivity (Wildman–Crippen MR) is 116 cm³/mol. The van der Waals surface area contributed by atoms with Gasteiger partial charge in [-0.15, -0.1) is 0 Å². The molecule has 0 unspecified atom stereocenters.